The summed E-state index contributed by atoms with van der Waals surface area (Å²) in [5, 5.41) is 2.74. The molecule has 0 fully saturated rings. The molecule has 1 aromatic heterocycles. The van der Waals surface area contributed by atoms with Crippen molar-refractivity contribution >= 4 is 17.8 Å². The van der Waals surface area contributed by atoms with Crippen LogP contribution in [0.1, 0.15) is 11.1 Å². The van der Waals surface area contributed by atoms with Crippen LogP contribution in [0.3, 0.4) is 0 Å². The zero-order chi connectivity index (χ0) is 12.8. The Morgan fingerprint density at radius 3 is 2.67 bits per heavy atom. The zero-order valence-corrected chi connectivity index (χ0v) is 10.1. The van der Waals surface area contributed by atoms with E-state index in [0.29, 0.717) is 5.82 Å². The predicted octanol–water partition coefficient (Wildman–Crippen LogP) is 3.04. The van der Waals surface area contributed by atoms with Gasteiger partial charge in [0.1, 0.15) is 5.82 Å². The molecule has 2 aromatic rings. The maximum absolute atomic E-state index is 11.7. The minimum atomic E-state index is -0.180. The van der Waals surface area contributed by atoms with E-state index in [9.17, 15) is 4.79 Å². The van der Waals surface area contributed by atoms with Crippen LogP contribution in [0.15, 0.2) is 54.7 Å². The first-order valence-electron chi connectivity index (χ1n) is 5.71. The molecule has 2 rings (SSSR count). The molecule has 90 valence electrons. The third-order valence-corrected chi connectivity index (χ3v) is 2.48. The molecule has 0 bridgehead atoms. The highest BCUT2D eigenvalue weighted by Crippen LogP contribution is 2.09. The monoisotopic (exact) mass is 238 g/mol. The van der Waals surface area contributed by atoms with Gasteiger partial charge in [-0.05, 0) is 30.2 Å². The number of nitrogens with one attached hydrogen (secondary N) is 1. The fourth-order valence-corrected chi connectivity index (χ4v) is 1.51. The van der Waals surface area contributed by atoms with Crippen LogP contribution < -0.4 is 5.32 Å². The van der Waals surface area contributed by atoms with E-state index in [-0.39, 0.29) is 5.91 Å². The molecule has 1 N–H and O–H groups in total. The second kappa shape index (κ2) is 5.77. The highest BCUT2D eigenvalue weighted by molar-refractivity contribution is 6.01. The number of nitrogens with zero attached hydrogens (tertiary/aromatic N) is 1. The topological polar surface area (TPSA) is 42.0 Å². The van der Waals surface area contributed by atoms with Crippen LogP contribution in [0, 0.1) is 6.92 Å². The summed E-state index contributed by atoms with van der Waals surface area (Å²) in [5.74, 6) is 0.417. The standard InChI is InChI=1S/C15H14N2O/c1-12-6-5-11-16-15(12)17-14(18)10-9-13-7-3-2-4-8-13/h2-11H,1H3,(H,16,17,18)/b10-9+. The summed E-state index contributed by atoms with van der Waals surface area (Å²) in [7, 11) is 0. The molecule has 3 nitrogen and oxygen atoms in total. The molecule has 0 unspecified atom stereocenters. The number of aryl methyl sites for hydroxylation is 1. The largest absolute Gasteiger partial charge is 0.307 e. The molecular weight excluding hydrogens is 224 g/mol. The maximum Gasteiger partial charge on any atom is 0.249 e. The first-order valence-corrected chi connectivity index (χ1v) is 5.71. The molecule has 1 aromatic carbocycles. The summed E-state index contributed by atoms with van der Waals surface area (Å²) in [4.78, 5) is 15.8. The van der Waals surface area contributed by atoms with E-state index in [1.54, 1.807) is 12.3 Å². The quantitative estimate of drug-likeness (QED) is 0.835. The Balaban J connectivity index is 2.02. The second-order valence-corrected chi connectivity index (χ2v) is 3.90. The number of amides is 1. The lowest BCUT2D eigenvalue weighted by Crippen LogP contribution is -2.10. The second-order valence-electron chi connectivity index (χ2n) is 3.90. The van der Waals surface area contributed by atoms with E-state index in [4.69, 9.17) is 0 Å². The molecule has 1 amide bonds. The summed E-state index contributed by atoms with van der Waals surface area (Å²) in [6.07, 6.45) is 4.93. The number of pyridine rings is 1. The predicted molar refractivity (Wildman–Crippen MR) is 73.1 cm³/mol. The van der Waals surface area contributed by atoms with Crippen molar-refractivity contribution in [1.82, 2.24) is 4.98 Å². The van der Waals surface area contributed by atoms with Crippen LogP contribution >= 0.6 is 0 Å². The third-order valence-electron chi connectivity index (χ3n) is 2.48. The average Bonchev–Trinajstić information content (AvgIpc) is 2.40. The summed E-state index contributed by atoms with van der Waals surface area (Å²) in [5.41, 5.74) is 1.93. The van der Waals surface area contributed by atoms with E-state index in [1.165, 1.54) is 6.08 Å². The summed E-state index contributed by atoms with van der Waals surface area (Å²) in [6.45, 7) is 1.91. The first kappa shape index (κ1) is 12.0. The third kappa shape index (κ3) is 3.28. The zero-order valence-electron chi connectivity index (χ0n) is 10.1. The van der Waals surface area contributed by atoms with Gasteiger partial charge in [0.15, 0.2) is 0 Å². The first-order chi connectivity index (χ1) is 8.75. The summed E-state index contributed by atoms with van der Waals surface area (Å²) >= 11 is 0. The van der Waals surface area contributed by atoms with Crippen LogP contribution in [0.2, 0.25) is 0 Å². The van der Waals surface area contributed by atoms with Crippen molar-refractivity contribution < 1.29 is 4.79 Å². The van der Waals surface area contributed by atoms with Crippen molar-refractivity contribution in [3.63, 3.8) is 0 Å². The van der Waals surface area contributed by atoms with Gasteiger partial charge < -0.3 is 5.32 Å². The van der Waals surface area contributed by atoms with Crippen LogP contribution in [-0.4, -0.2) is 10.9 Å². The Labute approximate surface area is 106 Å². The molecule has 0 spiro atoms. The van der Waals surface area contributed by atoms with Gasteiger partial charge in [-0.2, -0.15) is 0 Å². The van der Waals surface area contributed by atoms with Crippen LogP contribution in [0.25, 0.3) is 6.08 Å². The minimum absolute atomic E-state index is 0.180. The fraction of sp³-hybridized carbons (Fsp3) is 0.0667. The molecular formula is C15H14N2O. The number of carbonyl (C=O) groups is 1. The Hall–Kier alpha value is -2.42. The number of rotatable bonds is 3. The smallest absolute Gasteiger partial charge is 0.249 e. The lowest BCUT2D eigenvalue weighted by atomic mass is 10.2. The van der Waals surface area contributed by atoms with Gasteiger partial charge in [-0.1, -0.05) is 36.4 Å². The number of aromatic nitrogens is 1. The van der Waals surface area contributed by atoms with Crippen molar-refractivity contribution in [2.24, 2.45) is 0 Å². The SMILES string of the molecule is Cc1cccnc1NC(=O)/C=C/c1ccccc1. The van der Waals surface area contributed by atoms with Gasteiger partial charge in [0.05, 0.1) is 0 Å². The van der Waals surface area contributed by atoms with Crippen LogP contribution in [0.4, 0.5) is 5.82 Å². The number of hydrogen-bond donors (Lipinski definition) is 1. The molecule has 0 atom stereocenters. The molecule has 0 aliphatic heterocycles. The molecule has 0 saturated heterocycles. The van der Waals surface area contributed by atoms with Gasteiger partial charge in [0.2, 0.25) is 5.91 Å². The lowest BCUT2D eigenvalue weighted by molar-refractivity contribution is -0.111. The van der Waals surface area contributed by atoms with Gasteiger partial charge >= 0.3 is 0 Å². The Kier molecular flexibility index (Phi) is 3.86. The molecule has 1 heterocycles. The number of hydrogen-bond acceptors (Lipinski definition) is 2. The van der Waals surface area contributed by atoms with Gasteiger partial charge in [-0.15, -0.1) is 0 Å². The molecule has 0 aliphatic rings. The fourth-order valence-electron chi connectivity index (χ4n) is 1.51. The number of anilines is 1. The van der Waals surface area contributed by atoms with Crippen molar-refractivity contribution in [3.05, 3.63) is 65.9 Å². The Morgan fingerprint density at radius 2 is 1.94 bits per heavy atom. The van der Waals surface area contributed by atoms with Gasteiger partial charge in [-0.3, -0.25) is 4.79 Å². The lowest BCUT2D eigenvalue weighted by Gasteiger charge is -2.03. The van der Waals surface area contributed by atoms with Crippen LogP contribution in [-0.2, 0) is 4.79 Å². The minimum Gasteiger partial charge on any atom is -0.307 e. The van der Waals surface area contributed by atoms with Crippen LogP contribution in [0.5, 0.6) is 0 Å². The Morgan fingerprint density at radius 1 is 1.17 bits per heavy atom. The molecule has 3 heteroatoms. The Bertz CT molecular complexity index is 562. The van der Waals surface area contributed by atoms with Gasteiger partial charge in [0, 0.05) is 12.3 Å². The average molecular weight is 238 g/mol. The molecule has 18 heavy (non-hydrogen) atoms. The highest BCUT2D eigenvalue weighted by atomic mass is 16.1. The normalized spacial score (nSPS) is 10.5. The number of benzene rings is 1. The van der Waals surface area contributed by atoms with E-state index in [1.807, 2.05) is 49.4 Å². The van der Waals surface area contributed by atoms with Crippen molar-refractivity contribution in [1.29, 1.82) is 0 Å². The molecule has 0 saturated carbocycles. The molecule has 0 radical (unpaired) electrons. The summed E-state index contributed by atoms with van der Waals surface area (Å²) < 4.78 is 0. The van der Waals surface area contributed by atoms with E-state index in [0.717, 1.165) is 11.1 Å². The van der Waals surface area contributed by atoms with Gasteiger partial charge in [-0.25, -0.2) is 4.98 Å². The van der Waals surface area contributed by atoms with Crippen molar-refractivity contribution in [3.8, 4) is 0 Å². The van der Waals surface area contributed by atoms with Crippen molar-refractivity contribution in [2.45, 2.75) is 6.92 Å². The van der Waals surface area contributed by atoms with E-state index in [2.05, 4.69) is 10.3 Å². The number of carbonyl (C=O) groups excluding carboxylic acids is 1. The maximum atomic E-state index is 11.7. The molecule has 0 aliphatic carbocycles. The summed E-state index contributed by atoms with van der Waals surface area (Å²) in [6, 6.07) is 13.4. The highest BCUT2D eigenvalue weighted by Gasteiger charge is 2.01. The van der Waals surface area contributed by atoms with E-state index < -0.39 is 0 Å². The van der Waals surface area contributed by atoms with Crippen molar-refractivity contribution in [2.75, 3.05) is 5.32 Å². The van der Waals surface area contributed by atoms with E-state index >= 15 is 0 Å². The van der Waals surface area contributed by atoms with Gasteiger partial charge in [0.25, 0.3) is 0 Å².